The van der Waals surface area contributed by atoms with Gasteiger partial charge in [0.05, 0.1) is 17.2 Å². The van der Waals surface area contributed by atoms with E-state index in [1.165, 1.54) is 6.07 Å². The monoisotopic (exact) mass is 434 g/mol. The highest BCUT2D eigenvalue weighted by Gasteiger charge is 2.33. The number of halogens is 4. The Labute approximate surface area is 174 Å². The third-order valence-corrected chi connectivity index (χ3v) is 5.44. The Hall–Kier alpha value is -3.30. The largest absolute Gasteiger partial charge is 0.433 e. The molecular formula is C21H18F4N4O2. The first-order valence-corrected chi connectivity index (χ1v) is 9.74. The van der Waals surface area contributed by atoms with Crippen molar-refractivity contribution in [2.45, 2.75) is 37.9 Å². The molecule has 1 N–H and O–H groups in total. The Morgan fingerprint density at radius 2 is 1.90 bits per heavy atom. The summed E-state index contributed by atoms with van der Waals surface area (Å²) >= 11 is 0. The maximum absolute atomic E-state index is 14.5. The van der Waals surface area contributed by atoms with Gasteiger partial charge in [0.2, 0.25) is 0 Å². The average Bonchev–Trinajstić information content (AvgIpc) is 3.16. The number of amides is 1. The first kappa shape index (κ1) is 21.0. The van der Waals surface area contributed by atoms with Crippen LogP contribution in [0.5, 0.6) is 0 Å². The first-order valence-electron chi connectivity index (χ1n) is 9.74. The summed E-state index contributed by atoms with van der Waals surface area (Å²) in [6, 6.07) is 5.58. The molecule has 1 fully saturated rings. The number of rotatable bonds is 4. The molecule has 0 bridgehead atoms. The predicted molar refractivity (Wildman–Crippen MR) is 104 cm³/mol. The van der Waals surface area contributed by atoms with Crippen LogP contribution in [0.25, 0.3) is 10.9 Å². The Bertz CT molecular complexity index is 1130. The van der Waals surface area contributed by atoms with Crippen molar-refractivity contribution in [3.8, 4) is 0 Å². The van der Waals surface area contributed by atoms with Gasteiger partial charge in [-0.05, 0) is 43.9 Å². The summed E-state index contributed by atoms with van der Waals surface area (Å²) in [5, 5.41) is 7.26. The van der Waals surface area contributed by atoms with Crippen LogP contribution >= 0.6 is 0 Å². The van der Waals surface area contributed by atoms with Gasteiger partial charge in [-0.2, -0.15) is 18.3 Å². The van der Waals surface area contributed by atoms with Crippen molar-refractivity contribution in [1.29, 1.82) is 0 Å². The van der Waals surface area contributed by atoms with E-state index < -0.39 is 29.3 Å². The minimum absolute atomic E-state index is 0.0601. The van der Waals surface area contributed by atoms with Gasteiger partial charge in [-0.1, -0.05) is 6.07 Å². The van der Waals surface area contributed by atoms with Gasteiger partial charge in [-0.25, -0.2) is 9.37 Å². The number of aldehydes is 1. The molecule has 31 heavy (non-hydrogen) atoms. The van der Waals surface area contributed by atoms with E-state index in [0.29, 0.717) is 10.9 Å². The molecule has 0 radical (unpaired) electrons. The van der Waals surface area contributed by atoms with Crippen molar-refractivity contribution in [3.05, 3.63) is 53.7 Å². The molecule has 2 heterocycles. The fraction of sp³-hybridized carbons (Fsp3) is 0.333. The number of benzene rings is 1. The van der Waals surface area contributed by atoms with Crippen molar-refractivity contribution in [2.24, 2.45) is 5.92 Å². The third-order valence-electron chi connectivity index (χ3n) is 5.44. The second kappa shape index (κ2) is 8.09. The Morgan fingerprint density at radius 3 is 2.58 bits per heavy atom. The number of aromatic nitrogens is 3. The van der Waals surface area contributed by atoms with Crippen LogP contribution in [0, 0.1) is 11.7 Å². The molecule has 0 spiro atoms. The summed E-state index contributed by atoms with van der Waals surface area (Å²) in [5.41, 5.74) is -1.47. The van der Waals surface area contributed by atoms with Gasteiger partial charge in [0, 0.05) is 23.6 Å². The zero-order valence-corrected chi connectivity index (χ0v) is 16.2. The van der Waals surface area contributed by atoms with Crippen LogP contribution in [0.4, 0.5) is 23.2 Å². The quantitative estimate of drug-likeness (QED) is 0.474. The number of pyridine rings is 1. The molecule has 1 amide bonds. The van der Waals surface area contributed by atoms with Crippen molar-refractivity contribution >= 4 is 28.8 Å². The lowest BCUT2D eigenvalue weighted by Crippen LogP contribution is -2.19. The second-order valence-electron chi connectivity index (χ2n) is 7.56. The standard InChI is InChI=1S/C21H18F4N4O2/c22-15-9-17-13(10-29(28-17)14-6-4-12(11-30)5-7-14)8-18(15)27-20(31)16-2-1-3-19(26-16)21(23,24)25/h1-3,8-12,14H,4-7H2,(H,27,31). The molecule has 0 unspecified atom stereocenters. The predicted octanol–water partition coefficient (Wildman–Crippen LogP) is 4.77. The summed E-state index contributed by atoms with van der Waals surface area (Å²) < 4.78 is 54.7. The lowest BCUT2D eigenvalue weighted by molar-refractivity contribution is -0.141. The van der Waals surface area contributed by atoms with Crippen LogP contribution in [0.1, 0.15) is 47.9 Å². The zero-order chi connectivity index (χ0) is 22.2. The van der Waals surface area contributed by atoms with Crippen LogP contribution in [-0.2, 0) is 11.0 Å². The first-order chi connectivity index (χ1) is 14.7. The summed E-state index contributed by atoms with van der Waals surface area (Å²) in [4.78, 5) is 26.6. The molecular weight excluding hydrogens is 416 g/mol. The highest BCUT2D eigenvalue weighted by Crippen LogP contribution is 2.33. The van der Waals surface area contributed by atoms with Gasteiger partial charge in [0.1, 0.15) is 23.5 Å². The Kier molecular flexibility index (Phi) is 5.47. The van der Waals surface area contributed by atoms with Crippen molar-refractivity contribution < 1.29 is 27.2 Å². The minimum atomic E-state index is -4.69. The molecule has 1 aliphatic carbocycles. The van der Waals surface area contributed by atoms with Gasteiger partial charge in [-0.3, -0.25) is 9.48 Å². The fourth-order valence-electron chi connectivity index (χ4n) is 3.76. The second-order valence-corrected chi connectivity index (χ2v) is 7.56. The molecule has 0 saturated heterocycles. The normalized spacial score (nSPS) is 19.4. The van der Waals surface area contributed by atoms with Crippen LogP contribution in [-0.4, -0.2) is 27.0 Å². The van der Waals surface area contributed by atoms with E-state index in [4.69, 9.17) is 0 Å². The summed E-state index contributed by atoms with van der Waals surface area (Å²) in [6.45, 7) is 0. The lowest BCUT2D eigenvalue weighted by Gasteiger charge is -2.25. The van der Waals surface area contributed by atoms with E-state index in [9.17, 15) is 27.2 Å². The van der Waals surface area contributed by atoms with Gasteiger partial charge >= 0.3 is 6.18 Å². The Balaban J connectivity index is 1.55. The van der Waals surface area contributed by atoms with E-state index >= 15 is 0 Å². The van der Waals surface area contributed by atoms with Crippen LogP contribution in [0.15, 0.2) is 36.5 Å². The van der Waals surface area contributed by atoms with Crippen LogP contribution in [0.3, 0.4) is 0 Å². The molecule has 0 atom stereocenters. The Morgan fingerprint density at radius 1 is 1.16 bits per heavy atom. The summed E-state index contributed by atoms with van der Waals surface area (Å²) in [6.07, 6.45) is 1.11. The molecule has 1 aliphatic rings. The summed E-state index contributed by atoms with van der Waals surface area (Å²) in [7, 11) is 0. The number of nitrogens with one attached hydrogen (secondary N) is 1. The van der Waals surface area contributed by atoms with Gasteiger partial charge in [0.15, 0.2) is 0 Å². The highest BCUT2D eigenvalue weighted by atomic mass is 19.4. The molecule has 162 valence electrons. The molecule has 1 saturated carbocycles. The van der Waals surface area contributed by atoms with Crippen molar-refractivity contribution in [2.75, 3.05) is 5.32 Å². The molecule has 10 heteroatoms. The average molecular weight is 434 g/mol. The van der Waals surface area contributed by atoms with Gasteiger partial charge in [-0.15, -0.1) is 0 Å². The van der Waals surface area contributed by atoms with E-state index in [0.717, 1.165) is 56.2 Å². The zero-order valence-electron chi connectivity index (χ0n) is 16.2. The minimum Gasteiger partial charge on any atom is -0.318 e. The van der Waals surface area contributed by atoms with E-state index in [2.05, 4.69) is 15.4 Å². The molecule has 0 aliphatic heterocycles. The van der Waals surface area contributed by atoms with Crippen LogP contribution < -0.4 is 5.32 Å². The van der Waals surface area contributed by atoms with Crippen molar-refractivity contribution in [3.63, 3.8) is 0 Å². The highest BCUT2D eigenvalue weighted by molar-refractivity contribution is 6.03. The number of carbonyl (C=O) groups is 2. The van der Waals surface area contributed by atoms with E-state index in [1.807, 2.05) is 0 Å². The molecule has 1 aromatic carbocycles. The number of alkyl halides is 3. The molecule has 3 aromatic rings. The van der Waals surface area contributed by atoms with Gasteiger partial charge in [0.25, 0.3) is 5.91 Å². The van der Waals surface area contributed by atoms with Crippen molar-refractivity contribution in [1.82, 2.24) is 14.8 Å². The summed E-state index contributed by atoms with van der Waals surface area (Å²) in [5.74, 6) is -1.66. The van der Waals surface area contributed by atoms with E-state index in [-0.39, 0.29) is 17.6 Å². The smallest absolute Gasteiger partial charge is 0.318 e. The molecule has 2 aromatic heterocycles. The number of nitrogens with zero attached hydrogens (tertiary/aromatic N) is 3. The number of carbonyl (C=O) groups excluding carboxylic acids is 2. The fourth-order valence-corrected chi connectivity index (χ4v) is 3.76. The number of hydrogen-bond acceptors (Lipinski definition) is 4. The maximum Gasteiger partial charge on any atom is 0.433 e. The SMILES string of the molecule is O=CC1CCC(n2cc3cc(NC(=O)c4cccc(C(F)(F)F)n4)c(F)cc3n2)CC1. The lowest BCUT2D eigenvalue weighted by atomic mass is 9.87. The number of hydrogen-bond donors (Lipinski definition) is 1. The maximum atomic E-state index is 14.5. The van der Waals surface area contributed by atoms with Crippen LogP contribution in [0.2, 0.25) is 0 Å². The number of fused-ring (bicyclic) bond motifs is 1. The molecule has 6 nitrogen and oxygen atoms in total. The van der Waals surface area contributed by atoms with Gasteiger partial charge < -0.3 is 10.1 Å². The van der Waals surface area contributed by atoms with E-state index in [1.54, 1.807) is 10.9 Å². The third kappa shape index (κ3) is 4.42. The number of anilines is 1. The topological polar surface area (TPSA) is 76.9 Å². The molecule has 4 rings (SSSR count).